The molecule has 0 aromatic heterocycles. The van der Waals surface area contributed by atoms with Crippen LogP contribution in [0.5, 0.6) is 0 Å². The third kappa shape index (κ3) is 3.36. The summed E-state index contributed by atoms with van der Waals surface area (Å²) in [6, 6.07) is 0.529. The van der Waals surface area contributed by atoms with Gasteiger partial charge in [-0.05, 0) is 43.9 Å². The zero-order chi connectivity index (χ0) is 15.7. The summed E-state index contributed by atoms with van der Waals surface area (Å²) in [5, 5.41) is 0. The molecule has 2 saturated carbocycles. The quantitative estimate of drug-likeness (QED) is 0.793. The number of hydrogen-bond acceptors (Lipinski definition) is 2. The van der Waals surface area contributed by atoms with Crippen LogP contribution in [0, 0.1) is 11.8 Å². The highest BCUT2D eigenvalue weighted by molar-refractivity contribution is 7.86. The Labute approximate surface area is 136 Å². The van der Waals surface area contributed by atoms with E-state index < -0.39 is 10.2 Å². The molecule has 2 atom stereocenters. The third-order valence-corrected chi connectivity index (χ3v) is 7.88. The highest BCUT2D eigenvalue weighted by Crippen LogP contribution is 2.36. The summed E-state index contributed by atoms with van der Waals surface area (Å²) in [5.74, 6) is 0.958. The lowest BCUT2D eigenvalue weighted by Crippen LogP contribution is -2.54. The van der Waals surface area contributed by atoms with Crippen LogP contribution in [0.2, 0.25) is 0 Å². The molecule has 0 radical (unpaired) electrons. The van der Waals surface area contributed by atoms with Gasteiger partial charge in [-0.1, -0.05) is 39.5 Å². The van der Waals surface area contributed by atoms with Gasteiger partial charge in [-0.3, -0.25) is 0 Å². The van der Waals surface area contributed by atoms with Crippen molar-refractivity contribution in [1.29, 1.82) is 0 Å². The molecule has 0 amide bonds. The van der Waals surface area contributed by atoms with Crippen molar-refractivity contribution in [3.63, 3.8) is 0 Å². The van der Waals surface area contributed by atoms with Crippen LogP contribution in [0.1, 0.15) is 71.6 Å². The lowest BCUT2D eigenvalue weighted by atomic mass is 9.94. The van der Waals surface area contributed by atoms with E-state index >= 15 is 0 Å². The van der Waals surface area contributed by atoms with Gasteiger partial charge < -0.3 is 0 Å². The summed E-state index contributed by atoms with van der Waals surface area (Å²) >= 11 is 0. The van der Waals surface area contributed by atoms with Gasteiger partial charge in [0.1, 0.15) is 0 Å². The van der Waals surface area contributed by atoms with Gasteiger partial charge in [-0.25, -0.2) is 0 Å². The Balaban J connectivity index is 1.84. The molecular weight excluding hydrogens is 296 g/mol. The summed E-state index contributed by atoms with van der Waals surface area (Å²) in [6.45, 7) is 5.80. The van der Waals surface area contributed by atoms with E-state index in [0.29, 0.717) is 24.9 Å². The molecule has 4 nitrogen and oxygen atoms in total. The highest BCUT2D eigenvalue weighted by Gasteiger charge is 2.43. The van der Waals surface area contributed by atoms with Gasteiger partial charge in [0.15, 0.2) is 0 Å². The maximum atomic E-state index is 13.4. The van der Waals surface area contributed by atoms with Crippen LogP contribution in [0.4, 0.5) is 0 Å². The molecule has 0 N–H and O–H groups in total. The van der Waals surface area contributed by atoms with Crippen LogP contribution >= 0.6 is 0 Å². The molecule has 128 valence electrons. The molecule has 1 heterocycles. The summed E-state index contributed by atoms with van der Waals surface area (Å²) in [6.07, 6.45) is 10.2. The highest BCUT2D eigenvalue weighted by atomic mass is 32.2. The first kappa shape index (κ1) is 16.7. The number of piperidine rings is 1. The second kappa shape index (κ2) is 6.78. The fraction of sp³-hybridized carbons (Fsp3) is 1.00. The van der Waals surface area contributed by atoms with E-state index in [1.807, 2.05) is 8.61 Å². The molecule has 0 bridgehead atoms. The molecule has 2 aliphatic carbocycles. The Morgan fingerprint density at radius 3 is 1.64 bits per heavy atom. The summed E-state index contributed by atoms with van der Waals surface area (Å²) in [5.41, 5.74) is 0. The first-order chi connectivity index (χ1) is 10.5. The molecule has 3 fully saturated rings. The molecule has 0 spiro atoms. The molecule has 1 aliphatic heterocycles. The van der Waals surface area contributed by atoms with Crippen molar-refractivity contribution in [3.05, 3.63) is 0 Å². The average molecular weight is 329 g/mol. The fourth-order valence-electron chi connectivity index (χ4n) is 4.92. The van der Waals surface area contributed by atoms with Crippen molar-refractivity contribution in [2.45, 2.75) is 83.7 Å². The van der Waals surface area contributed by atoms with Crippen molar-refractivity contribution in [3.8, 4) is 0 Å². The minimum absolute atomic E-state index is 0.264. The zero-order valence-electron chi connectivity index (χ0n) is 14.2. The second-order valence-electron chi connectivity index (χ2n) is 7.98. The number of nitrogens with zero attached hydrogens (tertiary/aromatic N) is 2. The second-order valence-corrected chi connectivity index (χ2v) is 9.81. The smallest absolute Gasteiger partial charge is 0.195 e. The Kier molecular flexibility index (Phi) is 5.15. The molecule has 1 saturated heterocycles. The van der Waals surface area contributed by atoms with E-state index in [-0.39, 0.29) is 12.1 Å². The summed E-state index contributed by atoms with van der Waals surface area (Å²) < 4.78 is 30.6. The normalized spacial score (nSPS) is 33.0. The molecule has 3 rings (SSSR count). The summed E-state index contributed by atoms with van der Waals surface area (Å²) in [7, 11) is -3.29. The van der Waals surface area contributed by atoms with Crippen LogP contribution in [0.3, 0.4) is 0 Å². The van der Waals surface area contributed by atoms with E-state index in [9.17, 15) is 8.42 Å². The van der Waals surface area contributed by atoms with Crippen molar-refractivity contribution < 1.29 is 8.42 Å². The average Bonchev–Trinajstić information content (AvgIpc) is 3.11. The standard InChI is InChI=1S/C17H32N2O2S/c1-14-11-15(2)13-18(12-14)22(20,21)19(16-7-3-4-8-16)17-9-5-6-10-17/h14-17H,3-13H2,1-2H3. The summed E-state index contributed by atoms with van der Waals surface area (Å²) in [4.78, 5) is 0. The largest absolute Gasteiger partial charge is 0.282 e. The van der Waals surface area contributed by atoms with Crippen LogP contribution in [-0.2, 0) is 10.2 Å². The lowest BCUT2D eigenvalue weighted by Gasteiger charge is -2.41. The van der Waals surface area contributed by atoms with Gasteiger partial charge >= 0.3 is 0 Å². The van der Waals surface area contributed by atoms with Gasteiger partial charge in [0.25, 0.3) is 10.2 Å². The first-order valence-corrected chi connectivity index (χ1v) is 10.7. The van der Waals surface area contributed by atoms with Crippen LogP contribution in [0.25, 0.3) is 0 Å². The van der Waals surface area contributed by atoms with E-state index in [1.54, 1.807) is 0 Å². The Bertz CT molecular complexity index is 441. The SMILES string of the molecule is CC1CC(C)CN(S(=O)(=O)N(C2CCCC2)C2CCCC2)C1. The van der Waals surface area contributed by atoms with Crippen molar-refractivity contribution >= 4 is 10.2 Å². The van der Waals surface area contributed by atoms with Crippen LogP contribution in [0.15, 0.2) is 0 Å². The topological polar surface area (TPSA) is 40.6 Å². The van der Waals surface area contributed by atoms with E-state index in [0.717, 1.165) is 32.1 Å². The minimum atomic E-state index is -3.29. The molecule has 2 unspecified atom stereocenters. The van der Waals surface area contributed by atoms with Crippen LogP contribution < -0.4 is 0 Å². The molecule has 5 heteroatoms. The Morgan fingerprint density at radius 1 is 0.818 bits per heavy atom. The van der Waals surface area contributed by atoms with E-state index in [4.69, 9.17) is 0 Å². The van der Waals surface area contributed by atoms with Gasteiger partial charge in [0, 0.05) is 25.2 Å². The van der Waals surface area contributed by atoms with Crippen molar-refractivity contribution in [2.24, 2.45) is 11.8 Å². The zero-order valence-corrected chi connectivity index (χ0v) is 15.0. The fourth-order valence-corrected chi connectivity index (χ4v) is 7.25. The predicted octanol–water partition coefficient (Wildman–Crippen LogP) is 3.40. The first-order valence-electron chi connectivity index (χ1n) is 9.27. The molecule has 3 aliphatic rings. The number of rotatable bonds is 4. The van der Waals surface area contributed by atoms with Gasteiger partial charge in [-0.2, -0.15) is 17.0 Å². The maximum Gasteiger partial charge on any atom is 0.282 e. The third-order valence-electron chi connectivity index (χ3n) is 5.80. The molecule has 0 aromatic rings. The Hall–Kier alpha value is -0.130. The van der Waals surface area contributed by atoms with Gasteiger partial charge in [0.2, 0.25) is 0 Å². The molecular formula is C17H32N2O2S. The monoisotopic (exact) mass is 328 g/mol. The van der Waals surface area contributed by atoms with Gasteiger partial charge in [0.05, 0.1) is 0 Å². The van der Waals surface area contributed by atoms with Gasteiger partial charge in [-0.15, -0.1) is 0 Å². The van der Waals surface area contributed by atoms with E-state index in [2.05, 4.69) is 13.8 Å². The lowest BCUT2D eigenvalue weighted by molar-refractivity contribution is 0.182. The van der Waals surface area contributed by atoms with E-state index in [1.165, 1.54) is 25.7 Å². The minimum Gasteiger partial charge on any atom is -0.195 e. The predicted molar refractivity (Wildman–Crippen MR) is 89.8 cm³/mol. The van der Waals surface area contributed by atoms with Crippen LogP contribution in [-0.4, -0.2) is 42.2 Å². The maximum absolute atomic E-state index is 13.4. The Morgan fingerprint density at radius 2 is 1.23 bits per heavy atom. The molecule has 0 aromatic carbocycles. The molecule has 22 heavy (non-hydrogen) atoms. The van der Waals surface area contributed by atoms with Crippen molar-refractivity contribution in [1.82, 2.24) is 8.61 Å². The number of hydrogen-bond donors (Lipinski definition) is 0. The van der Waals surface area contributed by atoms with Crippen molar-refractivity contribution in [2.75, 3.05) is 13.1 Å².